The van der Waals surface area contributed by atoms with Gasteiger partial charge in [0.1, 0.15) is 11.6 Å². The van der Waals surface area contributed by atoms with Crippen LogP contribution in [0.25, 0.3) is 0 Å². The van der Waals surface area contributed by atoms with Crippen LogP contribution in [0.5, 0.6) is 0 Å². The highest BCUT2D eigenvalue weighted by Crippen LogP contribution is 2.38. The van der Waals surface area contributed by atoms with Gasteiger partial charge in [-0.15, -0.1) is 0 Å². The molecular formula is C15H17NO4S. The Labute approximate surface area is 124 Å². The largest absolute Gasteiger partial charge is 0.273 e. The SMILES string of the molecule is Cc1ccc(S(=O)(=O)N2C(=O)[C@H](CC(C)C)C2=C=O)cc1. The molecule has 0 bridgehead atoms. The molecule has 1 aromatic rings. The molecule has 1 saturated heterocycles. The van der Waals surface area contributed by atoms with Gasteiger partial charge < -0.3 is 0 Å². The fourth-order valence-electron chi connectivity index (χ4n) is 2.31. The maximum absolute atomic E-state index is 12.4. The lowest BCUT2D eigenvalue weighted by Crippen LogP contribution is -2.53. The van der Waals surface area contributed by atoms with Gasteiger partial charge >= 0.3 is 0 Å². The predicted molar refractivity (Wildman–Crippen MR) is 77.4 cm³/mol. The number of aryl methyl sites for hydroxylation is 1. The maximum Gasteiger partial charge on any atom is 0.271 e. The van der Waals surface area contributed by atoms with Crippen molar-refractivity contribution in [3.63, 3.8) is 0 Å². The van der Waals surface area contributed by atoms with Crippen molar-refractivity contribution in [2.75, 3.05) is 0 Å². The lowest BCUT2D eigenvalue weighted by molar-refractivity contribution is -0.135. The third-order valence-electron chi connectivity index (χ3n) is 3.42. The van der Waals surface area contributed by atoms with Crippen LogP contribution in [0.4, 0.5) is 0 Å². The van der Waals surface area contributed by atoms with Crippen molar-refractivity contribution in [2.45, 2.75) is 32.1 Å². The normalized spacial score (nSPS) is 18.7. The average Bonchev–Trinajstić information content (AvgIpc) is 2.41. The monoisotopic (exact) mass is 307 g/mol. The fraction of sp³-hybridized carbons (Fsp3) is 0.400. The summed E-state index contributed by atoms with van der Waals surface area (Å²) in [6.45, 7) is 5.65. The van der Waals surface area contributed by atoms with Crippen LogP contribution in [0.3, 0.4) is 0 Å². The molecule has 6 heteroatoms. The third-order valence-corrected chi connectivity index (χ3v) is 5.14. The van der Waals surface area contributed by atoms with E-state index in [9.17, 15) is 18.0 Å². The van der Waals surface area contributed by atoms with Crippen LogP contribution in [0.15, 0.2) is 34.9 Å². The lowest BCUT2D eigenvalue weighted by atomic mass is 9.88. The number of benzene rings is 1. The second-order valence-corrected chi connectivity index (χ2v) is 7.38. The summed E-state index contributed by atoms with van der Waals surface area (Å²) in [6, 6.07) is 6.15. The van der Waals surface area contributed by atoms with Gasteiger partial charge in [0.2, 0.25) is 0 Å². The molecule has 1 aromatic carbocycles. The molecule has 0 unspecified atom stereocenters. The highest BCUT2D eigenvalue weighted by atomic mass is 32.2. The Hall–Kier alpha value is -1.91. The van der Waals surface area contributed by atoms with Gasteiger partial charge in [-0.2, -0.15) is 4.31 Å². The van der Waals surface area contributed by atoms with E-state index >= 15 is 0 Å². The number of nitrogens with zero attached hydrogens (tertiary/aromatic N) is 1. The molecule has 0 saturated carbocycles. The molecule has 0 spiro atoms. The van der Waals surface area contributed by atoms with Crippen molar-refractivity contribution in [3.05, 3.63) is 35.5 Å². The summed E-state index contributed by atoms with van der Waals surface area (Å²) in [5, 5.41) is 0. The number of carbonyl (C=O) groups excluding carboxylic acids is 2. The summed E-state index contributed by atoms with van der Waals surface area (Å²) in [4.78, 5) is 23.1. The van der Waals surface area contributed by atoms with E-state index in [-0.39, 0.29) is 16.5 Å². The number of amides is 1. The summed E-state index contributed by atoms with van der Waals surface area (Å²) >= 11 is 0. The second-order valence-electron chi connectivity index (χ2n) is 5.59. The van der Waals surface area contributed by atoms with Gasteiger partial charge in [0.25, 0.3) is 15.9 Å². The molecule has 1 aliphatic heterocycles. The van der Waals surface area contributed by atoms with Gasteiger partial charge in [0, 0.05) is 0 Å². The van der Waals surface area contributed by atoms with Crippen LogP contribution in [0, 0.1) is 18.8 Å². The van der Waals surface area contributed by atoms with E-state index in [4.69, 9.17) is 0 Å². The van der Waals surface area contributed by atoms with Gasteiger partial charge in [-0.05, 0) is 31.4 Å². The highest BCUT2D eigenvalue weighted by molar-refractivity contribution is 7.90. The minimum absolute atomic E-state index is 0.00260. The van der Waals surface area contributed by atoms with Gasteiger partial charge in [-0.25, -0.2) is 13.2 Å². The molecule has 0 radical (unpaired) electrons. The molecular weight excluding hydrogens is 290 g/mol. The van der Waals surface area contributed by atoms with Crippen LogP contribution in [-0.4, -0.2) is 24.6 Å². The van der Waals surface area contributed by atoms with E-state index < -0.39 is 21.8 Å². The van der Waals surface area contributed by atoms with Crippen LogP contribution in [-0.2, 0) is 19.6 Å². The molecule has 0 aliphatic carbocycles. The first kappa shape index (κ1) is 15.5. The van der Waals surface area contributed by atoms with E-state index in [1.165, 1.54) is 12.1 Å². The smallest absolute Gasteiger partial charge is 0.271 e. The number of sulfonamides is 1. The van der Waals surface area contributed by atoms with Crippen molar-refractivity contribution in [1.29, 1.82) is 0 Å². The number of hydrogen-bond donors (Lipinski definition) is 0. The highest BCUT2D eigenvalue weighted by Gasteiger charge is 2.50. The molecule has 1 atom stereocenters. The quantitative estimate of drug-likeness (QED) is 0.629. The Morgan fingerprint density at radius 1 is 1.24 bits per heavy atom. The molecule has 1 aliphatic rings. The zero-order valence-corrected chi connectivity index (χ0v) is 13.0. The first-order chi connectivity index (χ1) is 9.78. The van der Waals surface area contributed by atoms with Crippen LogP contribution < -0.4 is 0 Å². The molecule has 112 valence electrons. The van der Waals surface area contributed by atoms with Crippen molar-refractivity contribution >= 4 is 21.9 Å². The van der Waals surface area contributed by atoms with Gasteiger partial charge in [0.05, 0.1) is 10.8 Å². The van der Waals surface area contributed by atoms with E-state index in [0.717, 1.165) is 5.56 Å². The van der Waals surface area contributed by atoms with Crippen molar-refractivity contribution in [3.8, 4) is 0 Å². The molecule has 1 fully saturated rings. The standard InChI is InChI=1S/C15H17NO4S/c1-10(2)8-13-14(9-17)16(15(13)18)21(19,20)12-6-4-11(3)5-7-12/h4-7,10,13H,8H2,1-3H3/t13-/m1/s1. The lowest BCUT2D eigenvalue weighted by Gasteiger charge is -2.38. The Bertz CT molecular complexity index is 713. The average molecular weight is 307 g/mol. The van der Waals surface area contributed by atoms with E-state index in [1.807, 2.05) is 20.8 Å². The topological polar surface area (TPSA) is 71.5 Å². The summed E-state index contributed by atoms with van der Waals surface area (Å²) in [5.41, 5.74) is 0.821. The number of β-lactam (4-membered cyclic amide) rings is 1. The van der Waals surface area contributed by atoms with Crippen molar-refractivity contribution < 1.29 is 18.0 Å². The van der Waals surface area contributed by atoms with Crippen molar-refractivity contribution in [2.24, 2.45) is 11.8 Å². The zero-order valence-electron chi connectivity index (χ0n) is 12.2. The maximum atomic E-state index is 12.4. The van der Waals surface area contributed by atoms with Crippen LogP contribution in [0.1, 0.15) is 25.8 Å². The Balaban J connectivity index is 2.36. The molecule has 1 heterocycles. The Morgan fingerprint density at radius 2 is 1.81 bits per heavy atom. The third kappa shape index (κ3) is 2.64. The van der Waals surface area contributed by atoms with Crippen molar-refractivity contribution in [1.82, 2.24) is 4.31 Å². The molecule has 2 rings (SSSR count). The van der Waals surface area contributed by atoms with Gasteiger partial charge in [0.15, 0.2) is 0 Å². The first-order valence-electron chi connectivity index (χ1n) is 6.70. The minimum atomic E-state index is -4.01. The van der Waals surface area contributed by atoms with E-state index in [2.05, 4.69) is 0 Å². The minimum Gasteiger partial charge on any atom is -0.273 e. The molecule has 0 aromatic heterocycles. The van der Waals surface area contributed by atoms with Crippen LogP contribution >= 0.6 is 0 Å². The molecule has 5 nitrogen and oxygen atoms in total. The summed E-state index contributed by atoms with van der Waals surface area (Å²) in [6.07, 6.45) is 0.448. The van der Waals surface area contributed by atoms with Gasteiger partial charge in [-0.1, -0.05) is 31.5 Å². The summed E-state index contributed by atoms with van der Waals surface area (Å²) < 4.78 is 25.5. The fourth-order valence-corrected chi connectivity index (χ4v) is 3.79. The Morgan fingerprint density at radius 3 is 2.29 bits per heavy atom. The Kier molecular flexibility index (Phi) is 4.03. The van der Waals surface area contributed by atoms with Gasteiger partial charge in [-0.3, -0.25) is 4.79 Å². The summed E-state index contributed by atoms with van der Waals surface area (Å²) in [5.74, 6) is 0.587. The van der Waals surface area contributed by atoms with E-state index in [0.29, 0.717) is 10.7 Å². The predicted octanol–water partition coefficient (Wildman–Crippen LogP) is 1.90. The summed E-state index contributed by atoms with van der Waals surface area (Å²) in [7, 11) is -4.01. The van der Waals surface area contributed by atoms with E-state index in [1.54, 1.807) is 18.1 Å². The van der Waals surface area contributed by atoms with Crippen LogP contribution in [0.2, 0.25) is 0 Å². The first-order valence-corrected chi connectivity index (χ1v) is 8.14. The zero-order chi connectivity index (χ0) is 15.8. The molecule has 21 heavy (non-hydrogen) atoms. The number of hydrogen-bond acceptors (Lipinski definition) is 4. The second kappa shape index (κ2) is 5.47. The number of carbonyl (C=O) groups is 1. The molecule has 1 amide bonds. The number of rotatable bonds is 4. The molecule has 0 N–H and O–H groups in total.